The maximum absolute atomic E-state index is 11.9. The van der Waals surface area contributed by atoms with Gasteiger partial charge in [-0.05, 0) is 42.8 Å². The summed E-state index contributed by atoms with van der Waals surface area (Å²) in [5.41, 5.74) is 1.02. The molecule has 0 unspecified atom stereocenters. The topological polar surface area (TPSA) is 67.6 Å². The lowest BCUT2D eigenvalue weighted by molar-refractivity contribution is -0.116. The van der Waals surface area contributed by atoms with Crippen LogP contribution in [0.4, 0.5) is 5.82 Å². The molecule has 0 bridgehead atoms. The van der Waals surface area contributed by atoms with Crippen molar-refractivity contribution in [2.75, 3.05) is 31.2 Å². The molecule has 126 valence electrons. The summed E-state index contributed by atoms with van der Waals surface area (Å²) in [5, 5.41) is 2.87. The molecule has 3 rings (SSSR count). The number of amides is 1. The molecule has 2 aromatic heterocycles. The molecular formula is C18H21N3O3. The zero-order valence-corrected chi connectivity index (χ0v) is 13.7. The predicted octanol–water partition coefficient (Wildman–Crippen LogP) is 2.15. The Morgan fingerprint density at radius 1 is 1.33 bits per heavy atom. The van der Waals surface area contributed by atoms with E-state index in [1.165, 1.54) is 6.08 Å². The molecule has 2 aromatic rings. The number of carbonyl (C=O) groups is 1. The van der Waals surface area contributed by atoms with Crippen molar-refractivity contribution in [1.82, 2.24) is 10.3 Å². The Morgan fingerprint density at radius 3 is 2.92 bits per heavy atom. The van der Waals surface area contributed by atoms with Crippen molar-refractivity contribution < 1.29 is 13.9 Å². The molecule has 0 radical (unpaired) electrons. The van der Waals surface area contributed by atoms with Crippen LogP contribution < -0.4 is 10.2 Å². The fraction of sp³-hybridized carbons (Fsp3) is 0.333. The van der Waals surface area contributed by atoms with E-state index in [1.807, 2.05) is 31.2 Å². The van der Waals surface area contributed by atoms with E-state index in [0.717, 1.165) is 43.4 Å². The van der Waals surface area contributed by atoms with Crippen molar-refractivity contribution in [3.8, 4) is 0 Å². The summed E-state index contributed by atoms with van der Waals surface area (Å²) in [4.78, 5) is 18.5. The third-order valence-corrected chi connectivity index (χ3v) is 3.77. The number of nitrogens with zero attached hydrogens (tertiary/aromatic N) is 2. The molecule has 1 saturated heterocycles. The highest BCUT2D eigenvalue weighted by Crippen LogP contribution is 2.14. The molecule has 0 aromatic carbocycles. The van der Waals surface area contributed by atoms with Crippen molar-refractivity contribution in [3.63, 3.8) is 0 Å². The van der Waals surface area contributed by atoms with E-state index in [2.05, 4.69) is 15.2 Å². The Hall–Kier alpha value is -2.60. The lowest BCUT2D eigenvalue weighted by Crippen LogP contribution is -2.36. The molecule has 1 aliphatic heterocycles. The quantitative estimate of drug-likeness (QED) is 0.852. The Bertz CT molecular complexity index is 718. The highest BCUT2D eigenvalue weighted by Gasteiger charge is 2.12. The summed E-state index contributed by atoms with van der Waals surface area (Å²) in [7, 11) is 0. The Labute approximate surface area is 141 Å². The number of anilines is 1. The second-order valence-corrected chi connectivity index (χ2v) is 5.62. The SMILES string of the molecule is Cc1ccc(/C=C/C(=O)NCc2ccnc(N3CCOCC3)c2)o1. The van der Waals surface area contributed by atoms with Crippen LogP contribution in [-0.2, 0) is 16.1 Å². The van der Waals surface area contributed by atoms with Crippen LogP contribution in [-0.4, -0.2) is 37.2 Å². The molecule has 0 atom stereocenters. The van der Waals surface area contributed by atoms with Gasteiger partial charge in [-0.2, -0.15) is 0 Å². The van der Waals surface area contributed by atoms with Crippen molar-refractivity contribution in [2.45, 2.75) is 13.5 Å². The number of carbonyl (C=O) groups excluding carboxylic acids is 1. The third kappa shape index (κ3) is 4.45. The van der Waals surface area contributed by atoms with Crippen LogP contribution in [0.25, 0.3) is 6.08 Å². The van der Waals surface area contributed by atoms with Gasteiger partial charge >= 0.3 is 0 Å². The summed E-state index contributed by atoms with van der Waals surface area (Å²) < 4.78 is 10.7. The second kappa shape index (κ2) is 7.79. The van der Waals surface area contributed by atoms with Gasteiger partial charge in [0.2, 0.25) is 5.91 Å². The Morgan fingerprint density at radius 2 is 2.17 bits per heavy atom. The van der Waals surface area contributed by atoms with E-state index in [0.29, 0.717) is 12.3 Å². The van der Waals surface area contributed by atoms with Gasteiger partial charge in [-0.15, -0.1) is 0 Å². The first kappa shape index (κ1) is 16.3. The molecule has 0 spiro atoms. The predicted molar refractivity (Wildman–Crippen MR) is 91.6 cm³/mol. The molecule has 1 N–H and O–H groups in total. The van der Waals surface area contributed by atoms with Gasteiger partial charge in [-0.3, -0.25) is 4.79 Å². The van der Waals surface area contributed by atoms with Crippen molar-refractivity contribution in [3.05, 3.63) is 53.6 Å². The molecule has 24 heavy (non-hydrogen) atoms. The summed E-state index contributed by atoms with van der Waals surface area (Å²) in [6, 6.07) is 7.60. The number of pyridine rings is 1. The Kier molecular flexibility index (Phi) is 5.28. The smallest absolute Gasteiger partial charge is 0.244 e. The minimum Gasteiger partial charge on any atom is -0.462 e. The minimum absolute atomic E-state index is 0.159. The van der Waals surface area contributed by atoms with Gasteiger partial charge in [-0.1, -0.05) is 0 Å². The molecule has 3 heterocycles. The maximum atomic E-state index is 11.9. The van der Waals surface area contributed by atoms with E-state index < -0.39 is 0 Å². The summed E-state index contributed by atoms with van der Waals surface area (Å²) in [6.07, 6.45) is 4.91. The van der Waals surface area contributed by atoms with Crippen LogP contribution in [0.15, 0.2) is 41.0 Å². The molecular weight excluding hydrogens is 306 g/mol. The van der Waals surface area contributed by atoms with Gasteiger partial charge in [0.25, 0.3) is 0 Å². The van der Waals surface area contributed by atoms with Crippen molar-refractivity contribution in [1.29, 1.82) is 0 Å². The Balaban J connectivity index is 1.54. The fourth-order valence-electron chi connectivity index (χ4n) is 2.48. The lowest BCUT2D eigenvalue weighted by atomic mass is 10.2. The van der Waals surface area contributed by atoms with E-state index in [4.69, 9.17) is 9.15 Å². The highest BCUT2D eigenvalue weighted by molar-refractivity contribution is 5.91. The van der Waals surface area contributed by atoms with Gasteiger partial charge in [0.1, 0.15) is 17.3 Å². The molecule has 1 fully saturated rings. The van der Waals surface area contributed by atoms with Crippen molar-refractivity contribution in [2.24, 2.45) is 0 Å². The van der Waals surface area contributed by atoms with Crippen LogP contribution >= 0.6 is 0 Å². The molecule has 1 amide bonds. The third-order valence-electron chi connectivity index (χ3n) is 3.77. The number of aryl methyl sites for hydroxylation is 1. The van der Waals surface area contributed by atoms with Crippen LogP contribution in [0, 0.1) is 6.92 Å². The second-order valence-electron chi connectivity index (χ2n) is 5.62. The van der Waals surface area contributed by atoms with E-state index in [-0.39, 0.29) is 5.91 Å². The number of hydrogen-bond acceptors (Lipinski definition) is 5. The van der Waals surface area contributed by atoms with Crippen LogP contribution in [0.5, 0.6) is 0 Å². The average molecular weight is 327 g/mol. The summed E-state index contributed by atoms with van der Waals surface area (Å²) in [6.45, 7) is 5.45. The van der Waals surface area contributed by atoms with E-state index in [9.17, 15) is 4.79 Å². The standard InChI is InChI=1S/C18H21N3O3/c1-14-2-3-16(24-14)4-5-18(22)20-13-15-6-7-19-17(12-15)21-8-10-23-11-9-21/h2-7,12H,8-11,13H2,1H3,(H,20,22)/b5-4+. The van der Waals surface area contributed by atoms with Gasteiger partial charge in [0.05, 0.1) is 13.2 Å². The largest absolute Gasteiger partial charge is 0.462 e. The average Bonchev–Trinajstić information content (AvgIpc) is 3.04. The van der Waals surface area contributed by atoms with E-state index in [1.54, 1.807) is 12.3 Å². The monoisotopic (exact) mass is 327 g/mol. The van der Waals surface area contributed by atoms with Crippen LogP contribution in [0.2, 0.25) is 0 Å². The number of morpholine rings is 1. The van der Waals surface area contributed by atoms with Gasteiger partial charge in [0.15, 0.2) is 0 Å². The first-order chi connectivity index (χ1) is 11.7. The molecule has 6 nitrogen and oxygen atoms in total. The molecule has 0 saturated carbocycles. The lowest BCUT2D eigenvalue weighted by Gasteiger charge is -2.28. The zero-order valence-electron chi connectivity index (χ0n) is 13.7. The molecule has 6 heteroatoms. The normalized spacial score (nSPS) is 15.0. The highest BCUT2D eigenvalue weighted by atomic mass is 16.5. The summed E-state index contributed by atoms with van der Waals surface area (Å²) in [5.74, 6) is 2.25. The van der Waals surface area contributed by atoms with Crippen LogP contribution in [0.3, 0.4) is 0 Å². The maximum Gasteiger partial charge on any atom is 0.244 e. The fourth-order valence-corrected chi connectivity index (χ4v) is 2.48. The first-order valence-corrected chi connectivity index (χ1v) is 8.01. The summed E-state index contributed by atoms with van der Waals surface area (Å²) >= 11 is 0. The molecule has 0 aliphatic carbocycles. The number of aromatic nitrogens is 1. The number of ether oxygens (including phenoxy) is 1. The van der Waals surface area contributed by atoms with Gasteiger partial charge in [0, 0.05) is 31.9 Å². The van der Waals surface area contributed by atoms with Gasteiger partial charge in [-0.25, -0.2) is 4.98 Å². The van der Waals surface area contributed by atoms with Crippen molar-refractivity contribution >= 4 is 17.8 Å². The first-order valence-electron chi connectivity index (χ1n) is 8.01. The number of nitrogens with one attached hydrogen (secondary N) is 1. The number of rotatable bonds is 5. The molecule has 1 aliphatic rings. The van der Waals surface area contributed by atoms with E-state index >= 15 is 0 Å². The van der Waals surface area contributed by atoms with Gasteiger partial charge < -0.3 is 19.4 Å². The minimum atomic E-state index is -0.159. The van der Waals surface area contributed by atoms with Crippen LogP contribution in [0.1, 0.15) is 17.1 Å². The number of furan rings is 1. The zero-order chi connectivity index (χ0) is 16.8. The number of hydrogen-bond donors (Lipinski definition) is 1.